The average molecular weight is 385 g/mol. The van der Waals surface area contributed by atoms with Gasteiger partial charge in [-0.05, 0) is 36.6 Å². The molecule has 0 bridgehead atoms. The van der Waals surface area contributed by atoms with Crippen LogP contribution in [0.15, 0.2) is 42.6 Å². The van der Waals surface area contributed by atoms with Crippen LogP contribution in [-0.2, 0) is 11.3 Å². The van der Waals surface area contributed by atoms with E-state index in [-0.39, 0.29) is 17.9 Å². The fourth-order valence-electron chi connectivity index (χ4n) is 3.32. The quantitative estimate of drug-likeness (QED) is 0.680. The summed E-state index contributed by atoms with van der Waals surface area (Å²) in [6.07, 6.45) is 3.93. The molecule has 3 amide bonds. The Morgan fingerprint density at radius 1 is 1.21 bits per heavy atom. The molecule has 0 aliphatic carbocycles. The number of nitrogens with one attached hydrogen (secondary N) is 2. The van der Waals surface area contributed by atoms with Crippen LogP contribution < -0.4 is 21.3 Å². The molecule has 0 unspecified atom stereocenters. The number of hydrogen-bond acceptors (Lipinski definition) is 4. The highest BCUT2D eigenvalue weighted by Crippen LogP contribution is 2.21. The number of halogens is 1. The molecular weight excluding hydrogens is 361 g/mol. The van der Waals surface area contributed by atoms with Crippen molar-refractivity contribution in [2.45, 2.75) is 31.8 Å². The minimum Gasteiger partial charge on any atom is -0.357 e. The molecule has 1 aliphatic rings. The van der Waals surface area contributed by atoms with Crippen LogP contribution in [0.3, 0.4) is 0 Å². The van der Waals surface area contributed by atoms with Crippen molar-refractivity contribution in [2.75, 3.05) is 18.0 Å². The summed E-state index contributed by atoms with van der Waals surface area (Å²) >= 11 is 0. The molecule has 28 heavy (non-hydrogen) atoms. The third-order valence-corrected chi connectivity index (χ3v) is 4.72. The van der Waals surface area contributed by atoms with Crippen LogP contribution in [0.1, 0.15) is 36.4 Å². The lowest BCUT2D eigenvalue weighted by molar-refractivity contribution is -0.121. The molecule has 1 fully saturated rings. The van der Waals surface area contributed by atoms with Gasteiger partial charge in [0.25, 0.3) is 0 Å². The van der Waals surface area contributed by atoms with Crippen LogP contribution in [0.4, 0.5) is 15.0 Å². The van der Waals surface area contributed by atoms with Crippen molar-refractivity contribution in [3.05, 3.63) is 59.5 Å². The molecule has 1 atom stereocenters. The normalized spacial score (nSPS) is 14.5. The fourth-order valence-corrected chi connectivity index (χ4v) is 3.32. The van der Waals surface area contributed by atoms with Crippen molar-refractivity contribution >= 4 is 17.8 Å². The van der Waals surface area contributed by atoms with Gasteiger partial charge in [0.15, 0.2) is 0 Å². The predicted octanol–water partition coefficient (Wildman–Crippen LogP) is 2.24. The highest BCUT2D eigenvalue weighted by molar-refractivity contribution is 5.78. The van der Waals surface area contributed by atoms with Gasteiger partial charge in [-0.3, -0.25) is 4.79 Å². The molecule has 1 saturated heterocycles. The number of carbonyl (C=O) groups excluding carboxylic acids is 2. The zero-order valence-electron chi connectivity index (χ0n) is 15.5. The lowest BCUT2D eigenvalue weighted by Crippen LogP contribution is -2.37. The average Bonchev–Trinajstić information content (AvgIpc) is 3.21. The first-order valence-electron chi connectivity index (χ1n) is 9.30. The fraction of sp³-hybridized carbons (Fsp3) is 0.350. The SMILES string of the molecule is NC(=O)N[C@H](CC(=O)NCc1ccnc(N2CCCC2)c1)c1ccccc1F. The maximum Gasteiger partial charge on any atom is 0.312 e. The summed E-state index contributed by atoms with van der Waals surface area (Å²) in [6, 6.07) is 8.14. The molecule has 2 heterocycles. The van der Waals surface area contributed by atoms with Crippen LogP contribution in [0, 0.1) is 5.82 Å². The van der Waals surface area contributed by atoms with Crippen molar-refractivity contribution < 1.29 is 14.0 Å². The van der Waals surface area contributed by atoms with E-state index in [0.29, 0.717) is 6.54 Å². The summed E-state index contributed by atoms with van der Waals surface area (Å²) in [5.41, 5.74) is 6.33. The molecule has 1 aromatic heterocycles. The van der Waals surface area contributed by atoms with E-state index in [1.807, 2.05) is 12.1 Å². The first-order chi connectivity index (χ1) is 13.5. The largest absolute Gasteiger partial charge is 0.357 e. The number of rotatable bonds is 7. The van der Waals surface area contributed by atoms with Gasteiger partial charge in [0, 0.05) is 31.4 Å². The Morgan fingerprint density at radius 3 is 2.68 bits per heavy atom. The highest BCUT2D eigenvalue weighted by Gasteiger charge is 2.20. The second-order valence-electron chi connectivity index (χ2n) is 6.78. The van der Waals surface area contributed by atoms with Gasteiger partial charge in [-0.15, -0.1) is 0 Å². The summed E-state index contributed by atoms with van der Waals surface area (Å²) in [4.78, 5) is 30.3. The second kappa shape index (κ2) is 9.16. The number of primary amides is 1. The van der Waals surface area contributed by atoms with Gasteiger partial charge in [0.1, 0.15) is 11.6 Å². The third kappa shape index (κ3) is 5.18. The predicted molar refractivity (Wildman–Crippen MR) is 104 cm³/mol. The minimum atomic E-state index is -0.837. The molecule has 0 saturated carbocycles. The number of benzene rings is 1. The molecule has 3 rings (SSSR count). The maximum absolute atomic E-state index is 14.0. The van der Waals surface area contributed by atoms with E-state index < -0.39 is 17.9 Å². The van der Waals surface area contributed by atoms with Crippen molar-refractivity contribution in [1.29, 1.82) is 0 Å². The number of pyridine rings is 1. The maximum atomic E-state index is 14.0. The summed E-state index contributed by atoms with van der Waals surface area (Å²) in [5, 5.41) is 5.24. The van der Waals surface area contributed by atoms with Gasteiger partial charge in [-0.25, -0.2) is 14.2 Å². The smallest absolute Gasteiger partial charge is 0.312 e. The van der Waals surface area contributed by atoms with Gasteiger partial charge < -0.3 is 21.3 Å². The van der Waals surface area contributed by atoms with Crippen LogP contribution in [0.25, 0.3) is 0 Å². The molecule has 4 N–H and O–H groups in total. The second-order valence-corrected chi connectivity index (χ2v) is 6.78. The lowest BCUT2D eigenvalue weighted by atomic mass is 10.0. The van der Waals surface area contributed by atoms with Crippen molar-refractivity contribution in [3.8, 4) is 0 Å². The zero-order chi connectivity index (χ0) is 19.9. The van der Waals surface area contributed by atoms with Crippen molar-refractivity contribution in [2.24, 2.45) is 5.73 Å². The Labute approximate surface area is 163 Å². The number of anilines is 1. The summed E-state index contributed by atoms with van der Waals surface area (Å²) in [5.74, 6) is 0.0869. The van der Waals surface area contributed by atoms with Gasteiger partial charge in [-0.2, -0.15) is 0 Å². The summed E-state index contributed by atoms with van der Waals surface area (Å²) in [7, 11) is 0. The molecule has 7 nitrogen and oxygen atoms in total. The molecule has 0 radical (unpaired) electrons. The standard InChI is InChI=1S/C20H24FN5O2/c21-16-6-2-1-5-15(16)17(25-20(22)28)12-19(27)24-13-14-7-8-23-18(11-14)26-9-3-4-10-26/h1-2,5-8,11,17H,3-4,9-10,12-13H2,(H,24,27)(H3,22,25,28)/t17-/m1/s1. The van der Waals surface area contributed by atoms with Gasteiger partial charge in [-0.1, -0.05) is 18.2 Å². The summed E-state index contributed by atoms with van der Waals surface area (Å²) in [6.45, 7) is 2.31. The van der Waals surface area contributed by atoms with E-state index >= 15 is 0 Å². The summed E-state index contributed by atoms with van der Waals surface area (Å²) < 4.78 is 14.0. The minimum absolute atomic E-state index is 0.117. The number of aromatic nitrogens is 1. The molecule has 1 aromatic carbocycles. The van der Waals surface area contributed by atoms with E-state index in [4.69, 9.17) is 5.73 Å². The van der Waals surface area contributed by atoms with Crippen molar-refractivity contribution in [1.82, 2.24) is 15.6 Å². The lowest BCUT2D eigenvalue weighted by Gasteiger charge is -2.19. The first-order valence-corrected chi connectivity index (χ1v) is 9.30. The van der Waals surface area contributed by atoms with Gasteiger partial charge >= 0.3 is 6.03 Å². The van der Waals surface area contributed by atoms with E-state index in [2.05, 4.69) is 20.5 Å². The number of nitrogens with zero attached hydrogens (tertiary/aromatic N) is 2. The number of carbonyl (C=O) groups is 2. The Kier molecular flexibility index (Phi) is 6.41. The van der Waals surface area contributed by atoms with Crippen LogP contribution in [0.2, 0.25) is 0 Å². The van der Waals surface area contributed by atoms with Gasteiger partial charge in [0.05, 0.1) is 12.5 Å². The van der Waals surface area contributed by atoms with E-state index in [0.717, 1.165) is 37.3 Å². The Hall–Kier alpha value is -3.16. The monoisotopic (exact) mass is 385 g/mol. The van der Waals surface area contributed by atoms with Gasteiger partial charge in [0.2, 0.25) is 5.91 Å². The third-order valence-electron chi connectivity index (χ3n) is 4.72. The van der Waals surface area contributed by atoms with Crippen LogP contribution >= 0.6 is 0 Å². The van der Waals surface area contributed by atoms with E-state index in [9.17, 15) is 14.0 Å². The molecule has 0 spiro atoms. The Balaban J connectivity index is 1.61. The number of hydrogen-bond donors (Lipinski definition) is 3. The Bertz CT molecular complexity index is 839. The molecule has 1 aliphatic heterocycles. The first kappa shape index (κ1) is 19.6. The molecule has 8 heteroatoms. The Morgan fingerprint density at radius 2 is 1.96 bits per heavy atom. The van der Waals surface area contributed by atoms with Crippen molar-refractivity contribution in [3.63, 3.8) is 0 Å². The zero-order valence-corrected chi connectivity index (χ0v) is 15.5. The van der Waals surface area contributed by atoms with E-state index in [1.54, 1.807) is 18.3 Å². The van der Waals surface area contributed by atoms with Crippen LogP contribution in [-0.4, -0.2) is 30.0 Å². The number of urea groups is 1. The van der Waals surface area contributed by atoms with E-state index in [1.165, 1.54) is 12.1 Å². The molecule has 148 valence electrons. The molecule has 2 aromatic rings. The number of nitrogens with two attached hydrogens (primary N) is 1. The highest BCUT2D eigenvalue weighted by atomic mass is 19.1. The topological polar surface area (TPSA) is 100 Å². The molecular formula is C20H24FN5O2. The number of amides is 3. The van der Waals surface area contributed by atoms with Crippen LogP contribution in [0.5, 0.6) is 0 Å².